The van der Waals surface area contributed by atoms with Gasteiger partial charge in [-0.15, -0.1) is 0 Å². The number of carboxylic acids is 1. The van der Waals surface area contributed by atoms with Gasteiger partial charge < -0.3 is 19.6 Å². The third-order valence-corrected chi connectivity index (χ3v) is 5.77. The zero-order valence-electron chi connectivity index (χ0n) is 17.4. The fraction of sp³-hybridized carbons (Fsp3) is 0.905. The van der Waals surface area contributed by atoms with Crippen molar-refractivity contribution in [3.63, 3.8) is 0 Å². The van der Waals surface area contributed by atoms with Crippen molar-refractivity contribution in [2.75, 3.05) is 32.8 Å². The number of rotatable bonds is 10. The van der Waals surface area contributed by atoms with Gasteiger partial charge in [0.2, 0.25) is 5.91 Å². The highest BCUT2D eigenvalue weighted by molar-refractivity contribution is 5.77. The average Bonchev–Trinajstić information content (AvgIpc) is 2.99. The number of carbonyl (C=O) groups is 2. The number of hydrogen-bond donors (Lipinski definition) is 1. The van der Waals surface area contributed by atoms with Crippen molar-refractivity contribution in [2.24, 2.45) is 11.8 Å². The Balaban J connectivity index is 1.88. The maximum atomic E-state index is 12.7. The highest BCUT2D eigenvalue weighted by atomic mass is 16.5. The molecule has 0 aromatic heterocycles. The van der Waals surface area contributed by atoms with Gasteiger partial charge in [-0.2, -0.15) is 0 Å². The summed E-state index contributed by atoms with van der Waals surface area (Å²) in [5, 5.41) is 8.98. The number of amides is 1. The van der Waals surface area contributed by atoms with Crippen LogP contribution in [-0.4, -0.2) is 71.7 Å². The van der Waals surface area contributed by atoms with Crippen LogP contribution in [-0.2, 0) is 14.3 Å². The Hall–Kier alpha value is -1.14. The van der Waals surface area contributed by atoms with Crippen LogP contribution in [0.25, 0.3) is 0 Å². The summed E-state index contributed by atoms with van der Waals surface area (Å²) in [7, 11) is 0. The molecule has 1 N–H and O–H groups in total. The molecule has 0 aromatic carbocycles. The molecule has 2 aliphatic rings. The van der Waals surface area contributed by atoms with E-state index in [2.05, 4.69) is 30.6 Å². The van der Waals surface area contributed by atoms with Crippen molar-refractivity contribution in [3.05, 3.63) is 0 Å². The molecule has 6 heteroatoms. The van der Waals surface area contributed by atoms with Crippen LogP contribution < -0.4 is 0 Å². The smallest absolute Gasteiger partial charge is 0.303 e. The van der Waals surface area contributed by atoms with Gasteiger partial charge >= 0.3 is 5.97 Å². The molecule has 2 rings (SSSR count). The van der Waals surface area contributed by atoms with Crippen molar-refractivity contribution in [3.8, 4) is 0 Å². The van der Waals surface area contributed by atoms with Gasteiger partial charge in [-0.1, -0.05) is 27.2 Å². The Labute approximate surface area is 164 Å². The first-order valence-corrected chi connectivity index (χ1v) is 10.7. The summed E-state index contributed by atoms with van der Waals surface area (Å²) in [6.07, 6.45) is 6.02. The lowest BCUT2D eigenvalue weighted by Gasteiger charge is -2.35. The molecule has 2 atom stereocenters. The highest BCUT2D eigenvalue weighted by Crippen LogP contribution is 2.26. The number of hydrogen-bond acceptors (Lipinski definition) is 4. The first kappa shape index (κ1) is 22.2. The molecule has 0 bridgehead atoms. The minimum Gasteiger partial charge on any atom is -0.481 e. The monoisotopic (exact) mass is 382 g/mol. The first-order chi connectivity index (χ1) is 12.9. The van der Waals surface area contributed by atoms with Crippen LogP contribution in [0.1, 0.15) is 65.7 Å². The number of carboxylic acid groups (broad SMARTS) is 1. The minimum absolute atomic E-state index is 0.155. The molecule has 156 valence electrons. The summed E-state index contributed by atoms with van der Waals surface area (Å²) in [4.78, 5) is 28.1. The van der Waals surface area contributed by atoms with E-state index < -0.39 is 5.97 Å². The van der Waals surface area contributed by atoms with Crippen LogP contribution in [0.2, 0.25) is 0 Å². The summed E-state index contributed by atoms with van der Waals surface area (Å²) < 4.78 is 6.03. The second-order valence-corrected chi connectivity index (χ2v) is 8.72. The van der Waals surface area contributed by atoms with Crippen LogP contribution in [0.4, 0.5) is 0 Å². The molecule has 0 aromatic rings. The SMILES string of the molecule is CCCCO[C@@H]1C[C@@H](CN2CCC(CC(=O)O)CC2)N(C(=O)CC(C)C)C1. The molecule has 0 saturated carbocycles. The van der Waals surface area contributed by atoms with Gasteiger partial charge in [-0.3, -0.25) is 9.59 Å². The molecule has 6 nitrogen and oxygen atoms in total. The molecule has 0 unspecified atom stereocenters. The van der Waals surface area contributed by atoms with Gasteiger partial charge in [-0.05, 0) is 50.6 Å². The summed E-state index contributed by atoms with van der Waals surface area (Å²) >= 11 is 0. The molecular formula is C21H38N2O4. The maximum absolute atomic E-state index is 12.7. The number of ether oxygens (including phenoxy) is 1. The molecule has 2 heterocycles. The fourth-order valence-corrected chi connectivity index (χ4v) is 4.25. The third kappa shape index (κ3) is 7.41. The number of unbranched alkanes of at least 4 members (excludes halogenated alkanes) is 1. The first-order valence-electron chi connectivity index (χ1n) is 10.7. The quantitative estimate of drug-likeness (QED) is 0.588. The van der Waals surface area contributed by atoms with Crippen molar-refractivity contribution < 1.29 is 19.4 Å². The van der Waals surface area contributed by atoms with E-state index in [4.69, 9.17) is 9.84 Å². The number of piperidine rings is 1. The van der Waals surface area contributed by atoms with Gasteiger partial charge in [0.25, 0.3) is 0 Å². The molecule has 2 fully saturated rings. The molecular weight excluding hydrogens is 344 g/mol. The van der Waals surface area contributed by atoms with E-state index in [0.717, 1.165) is 64.9 Å². The average molecular weight is 383 g/mol. The molecule has 1 amide bonds. The lowest BCUT2D eigenvalue weighted by Crippen LogP contribution is -2.46. The second-order valence-electron chi connectivity index (χ2n) is 8.72. The molecule has 2 saturated heterocycles. The third-order valence-electron chi connectivity index (χ3n) is 5.77. The van der Waals surface area contributed by atoms with Crippen LogP contribution in [0.15, 0.2) is 0 Å². The lowest BCUT2D eigenvalue weighted by atomic mass is 9.93. The van der Waals surface area contributed by atoms with E-state index in [-0.39, 0.29) is 24.5 Å². The summed E-state index contributed by atoms with van der Waals surface area (Å²) in [5.74, 6) is 0.218. The molecule has 2 aliphatic heterocycles. The summed E-state index contributed by atoms with van der Waals surface area (Å²) in [6, 6.07) is 0.221. The Bertz CT molecular complexity index is 475. The Morgan fingerprint density at radius 3 is 2.52 bits per heavy atom. The Kier molecular flexibility index (Phi) is 9.03. The van der Waals surface area contributed by atoms with Crippen molar-refractivity contribution in [2.45, 2.75) is 77.9 Å². The number of aliphatic carboxylic acids is 1. The Morgan fingerprint density at radius 2 is 1.93 bits per heavy atom. The molecule has 0 radical (unpaired) electrons. The van der Waals surface area contributed by atoms with Gasteiger partial charge in [0.1, 0.15) is 0 Å². The predicted molar refractivity (Wildman–Crippen MR) is 106 cm³/mol. The van der Waals surface area contributed by atoms with Crippen molar-refractivity contribution in [1.82, 2.24) is 9.80 Å². The Morgan fingerprint density at radius 1 is 1.22 bits per heavy atom. The van der Waals surface area contributed by atoms with Crippen LogP contribution >= 0.6 is 0 Å². The number of carbonyl (C=O) groups excluding carboxylic acids is 1. The highest BCUT2D eigenvalue weighted by Gasteiger charge is 2.37. The fourth-order valence-electron chi connectivity index (χ4n) is 4.25. The lowest BCUT2D eigenvalue weighted by molar-refractivity contribution is -0.138. The van der Waals surface area contributed by atoms with Gasteiger partial charge in [0.15, 0.2) is 0 Å². The van der Waals surface area contributed by atoms with Crippen molar-refractivity contribution in [1.29, 1.82) is 0 Å². The summed E-state index contributed by atoms with van der Waals surface area (Å²) in [5.41, 5.74) is 0. The van der Waals surface area contributed by atoms with E-state index in [1.54, 1.807) is 0 Å². The minimum atomic E-state index is -0.693. The van der Waals surface area contributed by atoms with E-state index in [1.165, 1.54) is 0 Å². The van der Waals surface area contributed by atoms with Crippen LogP contribution in [0.3, 0.4) is 0 Å². The standard InChI is InChI=1S/C21H38N2O4/c1-4-5-10-27-19-13-18(23(15-19)20(24)11-16(2)3)14-22-8-6-17(7-9-22)12-21(25)26/h16-19H,4-15H2,1-3H3,(H,25,26)/t18-,19+/m0/s1. The van der Waals surface area contributed by atoms with Gasteiger partial charge in [0.05, 0.1) is 6.10 Å². The zero-order valence-corrected chi connectivity index (χ0v) is 17.4. The van der Waals surface area contributed by atoms with E-state index in [9.17, 15) is 9.59 Å². The normalized spacial score (nSPS) is 24.7. The largest absolute Gasteiger partial charge is 0.481 e. The second kappa shape index (κ2) is 11.0. The summed E-state index contributed by atoms with van der Waals surface area (Å²) in [6.45, 7) is 10.6. The van der Waals surface area contributed by atoms with Gasteiger partial charge in [-0.25, -0.2) is 0 Å². The van der Waals surface area contributed by atoms with E-state index in [1.807, 2.05) is 0 Å². The van der Waals surface area contributed by atoms with Crippen LogP contribution in [0, 0.1) is 11.8 Å². The zero-order chi connectivity index (χ0) is 19.8. The van der Waals surface area contributed by atoms with Gasteiger partial charge in [0, 0.05) is 38.6 Å². The van der Waals surface area contributed by atoms with Crippen molar-refractivity contribution >= 4 is 11.9 Å². The predicted octanol–water partition coefficient (Wildman–Crippen LogP) is 3.01. The van der Waals surface area contributed by atoms with E-state index in [0.29, 0.717) is 18.3 Å². The van der Waals surface area contributed by atoms with Crippen LogP contribution in [0.5, 0.6) is 0 Å². The number of nitrogens with zero attached hydrogens (tertiary/aromatic N) is 2. The molecule has 0 spiro atoms. The maximum Gasteiger partial charge on any atom is 0.303 e. The van der Waals surface area contributed by atoms with E-state index >= 15 is 0 Å². The number of likely N-dealkylation sites (tertiary alicyclic amines) is 2. The topological polar surface area (TPSA) is 70.1 Å². The molecule has 27 heavy (non-hydrogen) atoms. The molecule has 0 aliphatic carbocycles.